The van der Waals surface area contributed by atoms with E-state index in [-0.39, 0.29) is 12.2 Å². The highest BCUT2D eigenvalue weighted by Gasteiger charge is 2.15. The topological polar surface area (TPSA) is 130 Å². The van der Waals surface area contributed by atoms with Gasteiger partial charge in [0.25, 0.3) is 0 Å². The molecular formula is C16H13N7O4S. The van der Waals surface area contributed by atoms with Crippen LogP contribution in [0, 0.1) is 10.1 Å². The normalized spacial score (nSPS) is 11.5. The van der Waals surface area contributed by atoms with Crippen LogP contribution in [0.1, 0.15) is 11.5 Å². The first-order chi connectivity index (χ1) is 13.6. The average molecular weight is 399 g/mol. The van der Waals surface area contributed by atoms with Gasteiger partial charge in [-0.2, -0.15) is 14.9 Å². The summed E-state index contributed by atoms with van der Waals surface area (Å²) < 4.78 is 14.1. The molecule has 11 nitrogen and oxygen atoms in total. The van der Waals surface area contributed by atoms with Crippen LogP contribution < -0.4 is 0 Å². The van der Waals surface area contributed by atoms with E-state index >= 15 is 0 Å². The minimum Gasteiger partial charge on any atom is -0.461 e. The third kappa shape index (κ3) is 3.57. The zero-order chi connectivity index (χ0) is 19.5. The predicted octanol–water partition coefficient (Wildman–Crippen LogP) is 2.89. The SMILES string of the molecule is CSc1nnc(-c2ccco2)n1/N=C/c1ccc(Cn2cc([N+](=O)[O-])cn2)o1. The summed E-state index contributed by atoms with van der Waals surface area (Å²) in [5, 5.41) is 27.8. The van der Waals surface area contributed by atoms with Crippen molar-refractivity contribution in [3.05, 3.63) is 64.6 Å². The molecule has 0 radical (unpaired) electrons. The Morgan fingerprint density at radius 3 is 2.96 bits per heavy atom. The van der Waals surface area contributed by atoms with E-state index in [9.17, 15) is 10.1 Å². The second-order valence-electron chi connectivity index (χ2n) is 5.50. The number of aromatic nitrogens is 5. The molecule has 0 bridgehead atoms. The van der Waals surface area contributed by atoms with Crippen molar-refractivity contribution < 1.29 is 13.8 Å². The van der Waals surface area contributed by atoms with Crippen molar-refractivity contribution >= 4 is 23.7 Å². The number of nitrogens with zero attached hydrogens (tertiary/aromatic N) is 7. The van der Waals surface area contributed by atoms with E-state index in [4.69, 9.17) is 8.83 Å². The van der Waals surface area contributed by atoms with Gasteiger partial charge in [0.05, 0.1) is 23.9 Å². The Balaban J connectivity index is 1.53. The van der Waals surface area contributed by atoms with Gasteiger partial charge in [-0.3, -0.25) is 14.8 Å². The molecule has 4 aromatic heterocycles. The van der Waals surface area contributed by atoms with Gasteiger partial charge in [-0.1, -0.05) is 11.8 Å². The molecule has 0 fully saturated rings. The van der Waals surface area contributed by atoms with Crippen LogP contribution in [0.3, 0.4) is 0 Å². The molecule has 0 saturated heterocycles. The smallest absolute Gasteiger partial charge is 0.307 e. The summed E-state index contributed by atoms with van der Waals surface area (Å²) in [5.74, 6) is 2.11. The summed E-state index contributed by atoms with van der Waals surface area (Å²) in [4.78, 5) is 10.2. The van der Waals surface area contributed by atoms with Gasteiger partial charge in [-0.15, -0.1) is 10.2 Å². The van der Waals surface area contributed by atoms with Gasteiger partial charge in [-0.25, -0.2) is 0 Å². The molecule has 0 unspecified atom stereocenters. The molecule has 0 amide bonds. The van der Waals surface area contributed by atoms with Crippen molar-refractivity contribution in [1.82, 2.24) is 24.7 Å². The monoisotopic (exact) mass is 399 g/mol. The average Bonchev–Trinajstić information content (AvgIpc) is 3.46. The molecular weight excluding hydrogens is 386 g/mol. The van der Waals surface area contributed by atoms with Gasteiger partial charge in [0.1, 0.15) is 23.9 Å². The number of hydrogen-bond acceptors (Lipinski definition) is 9. The first kappa shape index (κ1) is 17.7. The molecule has 28 heavy (non-hydrogen) atoms. The van der Waals surface area contributed by atoms with Gasteiger partial charge in [0.15, 0.2) is 5.76 Å². The first-order valence-electron chi connectivity index (χ1n) is 7.97. The maximum atomic E-state index is 10.7. The van der Waals surface area contributed by atoms with E-state index in [0.717, 1.165) is 0 Å². The first-order valence-corrected chi connectivity index (χ1v) is 9.19. The molecule has 0 atom stereocenters. The van der Waals surface area contributed by atoms with Crippen LogP contribution in [0.5, 0.6) is 0 Å². The van der Waals surface area contributed by atoms with Crippen LogP contribution >= 0.6 is 11.8 Å². The fourth-order valence-electron chi connectivity index (χ4n) is 2.41. The molecule has 4 rings (SSSR count). The Morgan fingerprint density at radius 2 is 2.25 bits per heavy atom. The minimum atomic E-state index is -0.497. The van der Waals surface area contributed by atoms with Gasteiger partial charge < -0.3 is 8.83 Å². The molecule has 0 aromatic carbocycles. The van der Waals surface area contributed by atoms with E-state index in [1.54, 1.807) is 35.2 Å². The minimum absolute atomic E-state index is 0.0731. The Bertz CT molecular complexity index is 1130. The predicted molar refractivity (Wildman–Crippen MR) is 99.2 cm³/mol. The molecule has 0 aliphatic carbocycles. The van der Waals surface area contributed by atoms with Gasteiger partial charge in [0.2, 0.25) is 11.0 Å². The lowest BCUT2D eigenvalue weighted by molar-refractivity contribution is -0.385. The molecule has 0 N–H and O–H groups in total. The van der Waals surface area contributed by atoms with Gasteiger partial charge in [0, 0.05) is 0 Å². The van der Waals surface area contributed by atoms with Crippen molar-refractivity contribution in [2.75, 3.05) is 6.26 Å². The molecule has 142 valence electrons. The molecule has 0 saturated carbocycles. The zero-order valence-electron chi connectivity index (χ0n) is 14.5. The Labute approximate surface area is 161 Å². The van der Waals surface area contributed by atoms with Crippen molar-refractivity contribution in [3.8, 4) is 11.6 Å². The largest absolute Gasteiger partial charge is 0.461 e. The molecule has 12 heteroatoms. The number of nitro groups is 1. The van der Waals surface area contributed by atoms with Crippen molar-refractivity contribution in [3.63, 3.8) is 0 Å². The lowest BCUT2D eigenvalue weighted by Crippen LogP contribution is -1.98. The molecule has 0 aliphatic heterocycles. The summed E-state index contributed by atoms with van der Waals surface area (Å²) in [6.07, 6.45) is 7.49. The molecule has 0 aliphatic rings. The van der Waals surface area contributed by atoms with E-state index in [2.05, 4.69) is 20.4 Å². The lowest BCUT2D eigenvalue weighted by Gasteiger charge is -1.99. The maximum Gasteiger partial charge on any atom is 0.307 e. The van der Waals surface area contributed by atoms with E-state index in [1.165, 1.54) is 35.1 Å². The number of furan rings is 2. The highest BCUT2D eigenvalue weighted by atomic mass is 32.2. The van der Waals surface area contributed by atoms with Crippen molar-refractivity contribution in [2.24, 2.45) is 5.10 Å². The standard InChI is InChI=1S/C16H13N7O4S/c1-28-16-20-19-15(14-3-2-6-26-14)22(16)18-8-12-4-5-13(27-12)10-21-9-11(7-17-21)23(24)25/h2-9H,10H2,1H3/b18-8+. The van der Waals surface area contributed by atoms with Crippen LogP contribution in [0.15, 0.2) is 62.0 Å². The highest BCUT2D eigenvalue weighted by molar-refractivity contribution is 7.98. The summed E-state index contributed by atoms with van der Waals surface area (Å²) >= 11 is 1.40. The summed E-state index contributed by atoms with van der Waals surface area (Å²) in [7, 11) is 0. The third-order valence-corrected chi connectivity index (χ3v) is 4.29. The van der Waals surface area contributed by atoms with Crippen LogP contribution in [0.25, 0.3) is 11.6 Å². The lowest BCUT2D eigenvalue weighted by atomic mass is 10.4. The molecule has 4 heterocycles. The number of hydrogen-bond donors (Lipinski definition) is 0. The fraction of sp³-hybridized carbons (Fsp3) is 0.125. The summed E-state index contributed by atoms with van der Waals surface area (Å²) in [5.41, 5.74) is -0.0731. The second-order valence-corrected chi connectivity index (χ2v) is 6.27. The Morgan fingerprint density at radius 1 is 1.36 bits per heavy atom. The van der Waals surface area contributed by atoms with Crippen LogP contribution in [0.2, 0.25) is 0 Å². The number of thioether (sulfide) groups is 1. The van der Waals surface area contributed by atoms with Crippen LogP contribution in [-0.2, 0) is 6.54 Å². The van der Waals surface area contributed by atoms with Crippen molar-refractivity contribution in [1.29, 1.82) is 0 Å². The van der Waals surface area contributed by atoms with Crippen molar-refractivity contribution in [2.45, 2.75) is 11.7 Å². The van der Waals surface area contributed by atoms with E-state index in [0.29, 0.717) is 28.3 Å². The van der Waals surface area contributed by atoms with E-state index < -0.39 is 4.92 Å². The summed E-state index contributed by atoms with van der Waals surface area (Å²) in [6, 6.07) is 7.03. The summed E-state index contributed by atoms with van der Waals surface area (Å²) in [6.45, 7) is 0.266. The van der Waals surface area contributed by atoms with Crippen LogP contribution in [0.4, 0.5) is 5.69 Å². The third-order valence-electron chi connectivity index (χ3n) is 3.67. The Hall–Kier alpha value is -3.67. The molecule has 0 spiro atoms. The maximum absolute atomic E-state index is 10.7. The van der Waals surface area contributed by atoms with Crippen LogP contribution in [-0.4, -0.2) is 42.0 Å². The fourth-order valence-corrected chi connectivity index (χ4v) is 2.84. The second kappa shape index (κ2) is 7.52. The number of rotatable bonds is 7. The highest BCUT2D eigenvalue weighted by Crippen LogP contribution is 2.23. The molecule has 4 aromatic rings. The quantitative estimate of drug-likeness (QED) is 0.201. The zero-order valence-corrected chi connectivity index (χ0v) is 15.3. The van der Waals surface area contributed by atoms with Gasteiger partial charge in [-0.05, 0) is 30.5 Å². The Kier molecular flexibility index (Phi) is 4.76. The van der Waals surface area contributed by atoms with Gasteiger partial charge >= 0.3 is 5.69 Å². The van der Waals surface area contributed by atoms with E-state index in [1.807, 2.05) is 6.26 Å².